The fourth-order valence-corrected chi connectivity index (χ4v) is 2.35. The highest BCUT2D eigenvalue weighted by Crippen LogP contribution is 2.42. The molecule has 0 saturated carbocycles. The Labute approximate surface area is 93.2 Å². The maximum Gasteiger partial charge on any atom is 0.186 e. The molecule has 0 aromatic heterocycles. The van der Waals surface area contributed by atoms with Crippen molar-refractivity contribution in [3.63, 3.8) is 0 Å². The lowest BCUT2D eigenvalue weighted by Crippen LogP contribution is -2.03. The maximum atomic E-state index is 11.8. The number of rotatable bonds is 1. The van der Waals surface area contributed by atoms with Crippen LogP contribution in [0.3, 0.4) is 0 Å². The van der Waals surface area contributed by atoms with Crippen LogP contribution in [0.15, 0.2) is 48.1 Å². The standard InChI is InChI=1S/C14H10O2/c15-8-12-10-5-2-1-4-9(10)11-6-3-7-13(16)14(11)12/h1-7,15H,8H2. The molecule has 1 N–H and O–H groups in total. The number of ketones is 1. The van der Waals surface area contributed by atoms with Crippen LogP contribution in [0.5, 0.6) is 0 Å². The molecular formula is C14H10O2. The second-order valence-corrected chi connectivity index (χ2v) is 3.86. The Balaban J connectivity index is 2.34. The highest BCUT2D eigenvalue weighted by molar-refractivity contribution is 6.26. The van der Waals surface area contributed by atoms with Crippen LogP contribution in [0.1, 0.15) is 11.1 Å². The van der Waals surface area contributed by atoms with Gasteiger partial charge >= 0.3 is 0 Å². The Bertz CT molecular complexity index is 574. The number of hydrogen-bond donors (Lipinski definition) is 1. The van der Waals surface area contributed by atoms with Crippen molar-refractivity contribution in [1.29, 1.82) is 0 Å². The number of fused-ring (bicyclic) bond motifs is 3. The molecule has 0 fully saturated rings. The topological polar surface area (TPSA) is 37.3 Å². The van der Waals surface area contributed by atoms with E-state index >= 15 is 0 Å². The number of carbonyl (C=O) groups is 1. The van der Waals surface area contributed by atoms with Crippen molar-refractivity contribution in [3.8, 4) is 0 Å². The van der Waals surface area contributed by atoms with Crippen molar-refractivity contribution < 1.29 is 9.90 Å². The fourth-order valence-electron chi connectivity index (χ4n) is 2.35. The van der Waals surface area contributed by atoms with Gasteiger partial charge in [-0.1, -0.05) is 36.4 Å². The minimum Gasteiger partial charge on any atom is -0.392 e. The average Bonchev–Trinajstić information content (AvgIpc) is 2.65. The molecule has 0 aliphatic heterocycles. The number of allylic oxidation sites excluding steroid dienone is 5. The summed E-state index contributed by atoms with van der Waals surface area (Å²) < 4.78 is 0. The monoisotopic (exact) mass is 210 g/mol. The van der Waals surface area contributed by atoms with Gasteiger partial charge in [-0.05, 0) is 28.3 Å². The zero-order valence-corrected chi connectivity index (χ0v) is 8.60. The molecule has 3 rings (SSSR count). The zero-order valence-electron chi connectivity index (χ0n) is 8.60. The van der Waals surface area contributed by atoms with Gasteiger partial charge in [0.15, 0.2) is 5.78 Å². The van der Waals surface area contributed by atoms with Gasteiger partial charge < -0.3 is 5.11 Å². The van der Waals surface area contributed by atoms with E-state index in [2.05, 4.69) is 0 Å². The molecule has 1 aromatic rings. The van der Waals surface area contributed by atoms with Crippen LogP contribution in [0.25, 0.3) is 11.1 Å². The SMILES string of the molecule is O=C1C=CC=C2C1=C(CO)c1ccccc12. The Hall–Kier alpha value is -1.93. The molecule has 78 valence electrons. The van der Waals surface area contributed by atoms with E-state index in [9.17, 15) is 9.90 Å². The van der Waals surface area contributed by atoms with Crippen LogP contribution in [-0.2, 0) is 4.79 Å². The second-order valence-electron chi connectivity index (χ2n) is 3.86. The van der Waals surface area contributed by atoms with Crippen LogP contribution in [0.2, 0.25) is 0 Å². The van der Waals surface area contributed by atoms with Crippen LogP contribution in [0, 0.1) is 0 Å². The Kier molecular flexibility index (Phi) is 1.91. The quantitative estimate of drug-likeness (QED) is 0.769. The van der Waals surface area contributed by atoms with E-state index in [-0.39, 0.29) is 12.4 Å². The third kappa shape index (κ3) is 1.08. The van der Waals surface area contributed by atoms with E-state index in [0.717, 1.165) is 22.3 Å². The number of benzene rings is 1. The van der Waals surface area contributed by atoms with Gasteiger partial charge in [0.1, 0.15) is 0 Å². The lowest BCUT2D eigenvalue weighted by molar-refractivity contribution is -0.110. The van der Waals surface area contributed by atoms with Crippen molar-refractivity contribution >= 4 is 16.9 Å². The average molecular weight is 210 g/mol. The van der Waals surface area contributed by atoms with Gasteiger partial charge in [0.05, 0.1) is 6.61 Å². The van der Waals surface area contributed by atoms with Gasteiger partial charge in [0.2, 0.25) is 0 Å². The van der Waals surface area contributed by atoms with Crippen molar-refractivity contribution in [2.75, 3.05) is 6.61 Å². The Morgan fingerprint density at radius 3 is 2.62 bits per heavy atom. The molecular weight excluding hydrogens is 200 g/mol. The Morgan fingerprint density at radius 2 is 1.88 bits per heavy atom. The van der Waals surface area contributed by atoms with E-state index < -0.39 is 0 Å². The van der Waals surface area contributed by atoms with Crippen LogP contribution >= 0.6 is 0 Å². The molecule has 0 amide bonds. The van der Waals surface area contributed by atoms with E-state index in [0.29, 0.717) is 5.57 Å². The molecule has 0 atom stereocenters. The third-order valence-corrected chi connectivity index (χ3v) is 3.03. The first-order chi connectivity index (χ1) is 7.83. The Morgan fingerprint density at radius 1 is 1.12 bits per heavy atom. The smallest absolute Gasteiger partial charge is 0.186 e. The summed E-state index contributed by atoms with van der Waals surface area (Å²) in [6, 6.07) is 7.79. The number of aliphatic hydroxyl groups excluding tert-OH is 1. The van der Waals surface area contributed by atoms with Crippen LogP contribution < -0.4 is 0 Å². The molecule has 16 heavy (non-hydrogen) atoms. The summed E-state index contributed by atoms with van der Waals surface area (Å²) >= 11 is 0. The summed E-state index contributed by atoms with van der Waals surface area (Å²) in [6.45, 7) is -0.0940. The lowest BCUT2D eigenvalue weighted by Gasteiger charge is -2.07. The second kappa shape index (κ2) is 3.29. The van der Waals surface area contributed by atoms with Crippen molar-refractivity contribution in [1.82, 2.24) is 0 Å². The lowest BCUT2D eigenvalue weighted by atomic mass is 9.95. The van der Waals surface area contributed by atoms with Gasteiger partial charge in [0.25, 0.3) is 0 Å². The molecule has 0 bridgehead atoms. The minimum atomic E-state index is -0.0940. The van der Waals surface area contributed by atoms with E-state index in [1.165, 1.54) is 0 Å². The molecule has 2 aliphatic carbocycles. The summed E-state index contributed by atoms with van der Waals surface area (Å²) in [4.78, 5) is 11.8. The minimum absolute atomic E-state index is 0.0160. The van der Waals surface area contributed by atoms with Gasteiger partial charge in [-0.3, -0.25) is 4.79 Å². The van der Waals surface area contributed by atoms with Crippen molar-refractivity contribution in [2.24, 2.45) is 0 Å². The van der Waals surface area contributed by atoms with E-state index in [1.807, 2.05) is 30.3 Å². The van der Waals surface area contributed by atoms with Crippen LogP contribution in [-0.4, -0.2) is 17.5 Å². The molecule has 2 nitrogen and oxygen atoms in total. The van der Waals surface area contributed by atoms with Gasteiger partial charge in [-0.25, -0.2) is 0 Å². The zero-order chi connectivity index (χ0) is 11.1. The first kappa shape index (κ1) is 9.31. The summed E-state index contributed by atoms with van der Waals surface area (Å²) in [6.07, 6.45) is 5.23. The molecule has 0 saturated heterocycles. The molecule has 0 unspecified atom stereocenters. The number of aliphatic hydroxyl groups is 1. The van der Waals surface area contributed by atoms with Crippen molar-refractivity contribution in [3.05, 3.63) is 59.2 Å². The molecule has 0 heterocycles. The number of hydrogen-bond acceptors (Lipinski definition) is 2. The maximum absolute atomic E-state index is 11.8. The summed E-state index contributed by atoms with van der Waals surface area (Å²) in [5, 5.41) is 9.41. The first-order valence-corrected chi connectivity index (χ1v) is 5.20. The fraction of sp³-hybridized carbons (Fsp3) is 0.0714. The predicted molar refractivity (Wildman–Crippen MR) is 62.6 cm³/mol. The summed E-state index contributed by atoms with van der Waals surface area (Å²) in [5.74, 6) is -0.0160. The van der Waals surface area contributed by atoms with Gasteiger partial charge in [0, 0.05) is 5.57 Å². The van der Waals surface area contributed by atoms with E-state index in [4.69, 9.17) is 0 Å². The van der Waals surface area contributed by atoms with E-state index in [1.54, 1.807) is 12.2 Å². The first-order valence-electron chi connectivity index (χ1n) is 5.20. The highest BCUT2D eigenvalue weighted by Gasteiger charge is 2.29. The van der Waals surface area contributed by atoms with Gasteiger partial charge in [-0.15, -0.1) is 0 Å². The molecule has 0 spiro atoms. The highest BCUT2D eigenvalue weighted by atomic mass is 16.3. The normalized spacial score (nSPS) is 17.3. The predicted octanol–water partition coefficient (Wildman–Crippen LogP) is 1.97. The molecule has 1 aromatic carbocycles. The molecule has 2 aliphatic rings. The van der Waals surface area contributed by atoms with Crippen LogP contribution in [0.4, 0.5) is 0 Å². The van der Waals surface area contributed by atoms with Crippen molar-refractivity contribution in [2.45, 2.75) is 0 Å². The molecule has 0 radical (unpaired) electrons. The summed E-state index contributed by atoms with van der Waals surface area (Å²) in [7, 11) is 0. The largest absolute Gasteiger partial charge is 0.392 e. The third-order valence-electron chi connectivity index (χ3n) is 3.03. The van der Waals surface area contributed by atoms with Gasteiger partial charge in [-0.2, -0.15) is 0 Å². The molecule has 2 heteroatoms. The number of carbonyl (C=O) groups excluding carboxylic acids is 1. The summed E-state index contributed by atoms with van der Waals surface area (Å²) in [5.41, 5.74) is 4.36.